The van der Waals surface area contributed by atoms with Crippen LogP contribution in [0.5, 0.6) is 5.75 Å². The van der Waals surface area contributed by atoms with Crippen LogP contribution in [0.25, 0.3) is 0 Å². The minimum Gasteiger partial charge on any atom is -0.496 e. The number of halogens is 1. The van der Waals surface area contributed by atoms with Gasteiger partial charge in [0.2, 0.25) is 0 Å². The molecule has 1 aromatic carbocycles. The molecule has 2 rings (SSSR count). The topological polar surface area (TPSA) is 29.5 Å². The summed E-state index contributed by atoms with van der Waals surface area (Å²) < 4.78 is 18.8. The molecule has 104 valence electrons. The van der Waals surface area contributed by atoms with Crippen molar-refractivity contribution in [2.45, 2.75) is 6.42 Å². The van der Waals surface area contributed by atoms with E-state index in [1.807, 2.05) is 11.8 Å². The molecule has 3 nitrogen and oxygen atoms in total. The van der Waals surface area contributed by atoms with E-state index in [9.17, 15) is 9.18 Å². The summed E-state index contributed by atoms with van der Waals surface area (Å²) in [7, 11) is 1.45. The van der Waals surface area contributed by atoms with Gasteiger partial charge in [0.05, 0.1) is 12.7 Å². The van der Waals surface area contributed by atoms with Crippen molar-refractivity contribution in [1.29, 1.82) is 0 Å². The summed E-state index contributed by atoms with van der Waals surface area (Å²) in [5.74, 6) is 1.85. The molecule has 0 amide bonds. The van der Waals surface area contributed by atoms with Crippen molar-refractivity contribution in [2.24, 2.45) is 0 Å². The Morgan fingerprint density at radius 1 is 1.42 bits per heavy atom. The van der Waals surface area contributed by atoms with Gasteiger partial charge in [0.1, 0.15) is 11.6 Å². The average Bonchev–Trinajstić information content (AvgIpc) is 2.45. The number of rotatable bonds is 5. The number of hydrogen-bond donors (Lipinski definition) is 0. The van der Waals surface area contributed by atoms with Crippen molar-refractivity contribution in [2.75, 3.05) is 38.2 Å². The first kappa shape index (κ1) is 14.3. The van der Waals surface area contributed by atoms with Gasteiger partial charge in [-0.1, -0.05) is 6.07 Å². The average molecular weight is 283 g/mol. The number of thioether (sulfide) groups is 1. The predicted octanol–water partition coefficient (Wildman–Crippen LogP) is 2.46. The highest BCUT2D eigenvalue weighted by molar-refractivity contribution is 7.99. The molecular formula is C14H18FNO2S. The summed E-state index contributed by atoms with van der Waals surface area (Å²) >= 11 is 1.93. The van der Waals surface area contributed by atoms with Gasteiger partial charge in [-0.05, 0) is 12.1 Å². The van der Waals surface area contributed by atoms with Crippen molar-refractivity contribution in [3.63, 3.8) is 0 Å². The third-order valence-corrected chi connectivity index (χ3v) is 4.18. The molecular weight excluding hydrogens is 265 g/mol. The molecule has 0 saturated carbocycles. The van der Waals surface area contributed by atoms with Crippen LogP contribution in [0.2, 0.25) is 0 Å². The Bertz CT molecular complexity index is 447. The van der Waals surface area contributed by atoms with Crippen molar-refractivity contribution in [3.8, 4) is 5.75 Å². The maximum absolute atomic E-state index is 13.7. The van der Waals surface area contributed by atoms with Crippen LogP contribution in [-0.4, -0.2) is 48.9 Å². The molecule has 1 saturated heterocycles. The van der Waals surface area contributed by atoms with E-state index < -0.39 is 5.82 Å². The van der Waals surface area contributed by atoms with Crippen molar-refractivity contribution >= 4 is 17.5 Å². The summed E-state index contributed by atoms with van der Waals surface area (Å²) in [5, 5.41) is 0. The van der Waals surface area contributed by atoms with Gasteiger partial charge in [0.15, 0.2) is 5.78 Å². The lowest BCUT2D eigenvalue weighted by atomic mass is 10.1. The number of ketones is 1. The van der Waals surface area contributed by atoms with Gasteiger partial charge in [-0.3, -0.25) is 4.79 Å². The molecule has 1 aromatic rings. The smallest absolute Gasteiger partial charge is 0.170 e. The van der Waals surface area contributed by atoms with Crippen LogP contribution in [0.3, 0.4) is 0 Å². The summed E-state index contributed by atoms with van der Waals surface area (Å²) in [4.78, 5) is 14.4. The molecule has 1 aliphatic heterocycles. The molecule has 0 N–H and O–H groups in total. The van der Waals surface area contributed by atoms with E-state index in [-0.39, 0.29) is 11.3 Å². The van der Waals surface area contributed by atoms with Crippen molar-refractivity contribution in [3.05, 3.63) is 29.6 Å². The fraction of sp³-hybridized carbons (Fsp3) is 0.500. The largest absolute Gasteiger partial charge is 0.496 e. The Morgan fingerprint density at radius 2 is 2.16 bits per heavy atom. The van der Waals surface area contributed by atoms with Gasteiger partial charge in [-0.25, -0.2) is 4.39 Å². The Kier molecular flexibility index (Phi) is 5.22. The molecule has 0 atom stereocenters. The molecule has 0 bridgehead atoms. The fourth-order valence-corrected chi connectivity index (χ4v) is 3.13. The van der Waals surface area contributed by atoms with E-state index in [1.165, 1.54) is 13.2 Å². The van der Waals surface area contributed by atoms with Gasteiger partial charge in [-0.15, -0.1) is 0 Å². The van der Waals surface area contributed by atoms with E-state index in [0.717, 1.165) is 24.6 Å². The molecule has 0 spiro atoms. The van der Waals surface area contributed by atoms with Crippen molar-refractivity contribution < 1.29 is 13.9 Å². The zero-order valence-corrected chi connectivity index (χ0v) is 11.8. The third-order valence-electron chi connectivity index (χ3n) is 3.23. The first-order chi connectivity index (χ1) is 9.22. The molecule has 0 aliphatic carbocycles. The molecule has 0 unspecified atom stereocenters. The standard InChI is InChI=1S/C14H18FNO2S/c1-18-13-4-2-3-11(15)14(13)12(17)5-6-16-7-9-19-10-8-16/h2-4H,5-10H2,1H3. The molecule has 0 aromatic heterocycles. The minimum atomic E-state index is -0.501. The van der Waals surface area contributed by atoms with Crippen molar-refractivity contribution in [1.82, 2.24) is 4.90 Å². The second-order valence-corrected chi connectivity index (χ2v) is 5.67. The maximum atomic E-state index is 13.7. The Balaban J connectivity index is 1.99. The molecule has 0 radical (unpaired) electrons. The minimum absolute atomic E-state index is 0.0800. The van der Waals surface area contributed by atoms with Gasteiger partial charge < -0.3 is 9.64 Å². The van der Waals surface area contributed by atoms with Crippen LogP contribution in [0.15, 0.2) is 18.2 Å². The number of nitrogens with zero attached hydrogens (tertiary/aromatic N) is 1. The molecule has 1 aliphatic rings. The van der Waals surface area contributed by atoms with Crippen LogP contribution in [0.1, 0.15) is 16.8 Å². The first-order valence-corrected chi connectivity index (χ1v) is 7.53. The maximum Gasteiger partial charge on any atom is 0.170 e. The number of ether oxygens (including phenoxy) is 1. The highest BCUT2D eigenvalue weighted by atomic mass is 32.2. The summed E-state index contributed by atoms with van der Waals surface area (Å²) in [5.41, 5.74) is 0.0800. The molecule has 1 heterocycles. The van der Waals surface area contributed by atoms with E-state index in [1.54, 1.807) is 12.1 Å². The Labute approximate surface area is 117 Å². The number of hydrogen-bond acceptors (Lipinski definition) is 4. The number of Topliss-reactive ketones (excluding diaryl/α,β-unsaturated/α-hetero) is 1. The predicted molar refractivity (Wildman–Crippen MR) is 75.7 cm³/mol. The zero-order valence-electron chi connectivity index (χ0n) is 11.0. The second kappa shape index (κ2) is 6.91. The van der Waals surface area contributed by atoms with Gasteiger partial charge in [0.25, 0.3) is 0 Å². The first-order valence-electron chi connectivity index (χ1n) is 6.38. The Morgan fingerprint density at radius 3 is 2.84 bits per heavy atom. The molecule has 19 heavy (non-hydrogen) atoms. The highest BCUT2D eigenvalue weighted by Gasteiger charge is 2.19. The third kappa shape index (κ3) is 3.70. The SMILES string of the molecule is COc1cccc(F)c1C(=O)CCN1CCSCC1. The van der Waals surface area contributed by atoms with Gasteiger partial charge >= 0.3 is 0 Å². The Hall–Kier alpha value is -1.07. The number of carbonyl (C=O) groups excluding carboxylic acids is 1. The zero-order chi connectivity index (χ0) is 13.7. The lowest BCUT2D eigenvalue weighted by Gasteiger charge is -2.25. The summed E-state index contributed by atoms with van der Waals surface area (Å²) in [6.45, 7) is 2.70. The lowest BCUT2D eigenvalue weighted by Crippen LogP contribution is -2.34. The monoisotopic (exact) mass is 283 g/mol. The van der Waals surface area contributed by atoms with Crippen LogP contribution in [0, 0.1) is 5.82 Å². The van der Waals surface area contributed by atoms with Gasteiger partial charge in [0, 0.05) is 37.6 Å². The summed E-state index contributed by atoms with van der Waals surface area (Å²) in [6, 6.07) is 4.47. The molecule has 1 fully saturated rings. The van der Waals surface area contributed by atoms with E-state index in [0.29, 0.717) is 18.7 Å². The lowest BCUT2D eigenvalue weighted by molar-refractivity contribution is 0.0959. The quantitative estimate of drug-likeness (QED) is 0.776. The van der Waals surface area contributed by atoms with Gasteiger partial charge in [-0.2, -0.15) is 11.8 Å². The van der Waals surface area contributed by atoms with Crippen LogP contribution >= 0.6 is 11.8 Å². The molecule has 5 heteroatoms. The second-order valence-electron chi connectivity index (χ2n) is 4.44. The fourth-order valence-electron chi connectivity index (χ4n) is 2.15. The van der Waals surface area contributed by atoms with Crippen LogP contribution in [0.4, 0.5) is 4.39 Å². The van der Waals surface area contributed by atoms with Crippen LogP contribution < -0.4 is 4.74 Å². The normalized spacial score (nSPS) is 16.3. The van der Waals surface area contributed by atoms with Crippen LogP contribution in [-0.2, 0) is 0 Å². The highest BCUT2D eigenvalue weighted by Crippen LogP contribution is 2.23. The van der Waals surface area contributed by atoms with E-state index >= 15 is 0 Å². The number of benzene rings is 1. The number of methoxy groups -OCH3 is 1. The summed E-state index contributed by atoms with van der Waals surface area (Å²) in [6.07, 6.45) is 0.335. The number of carbonyl (C=O) groups is 1. The van der Waals surface area contributed by atoms with E-state index in [4.69, 9.17) is 4.74 Å². The van der Waals surface area contributed by atoms with E-state index in [2.05, 4.69) is 4.90 Å².